The summed E-state index contributed by atoms with van der Waals surface area (Å²) in [7, 11) is 0. The van der Waals surface area contributed by atoms with Gasteiger partial charge in [0.15, 0.2) is 0 Å². The predicted molar refractivity (Wildman–Crippen MR) is 106 cm³/mol. The van der Waals surface area contributed by atoms with E-state index in [1.54, 1.807) is 17.0 Å². The van der Waals surface area contributed by atoms with E-state index in [2.05, 4.69) is 11.4 Å². The molecule has 2 aromatic rings. The predicted octanol–water partition coefficient (Wildman–Crippen LogP) is 3.81. The lowest BCUT2D eigenvalue weighted by atomic mass is 9.93. The minimum absolute atomic E-state index is 0.140. The second-order valence-electron chi connectivity index (χ2n) is 7.24. The second kappa shape index (κ2) is 7.88. The zero-order valence-corrected chi connectivity index (χ0v) is 15.6. The molecule has 0 radical (unpaired) electrons. The number of amides is 1. The molecule has 28 heavy (non-hydrogen) atoms. The molecule has 1 fully saturated rings. The zero-order valence-electron chi connectivity index (χ0n) is 15.6. The summed E-state index contributed by atoms with van der Waals surface area (Å²) in [5.41, 5.74) is 1.90. The van der Waals surface area contributed by atoms with Crippen LogP contribution in [0.4, 0.5) is 11.4 Å². The largest absolute Gasteiger partial charge is 0.493 e. The van der Waals surface area contributed by atoms with E-state index in [1.807, 2.05) is 18.2 Å². The van der Waals surface area contributed by atoms with Gasteiger partial charge in [0, 0.05) is 37.3 Å². The molecule has 1 unspecified atom stereocenters. The van der Waals surface area contributed by atoms with Crippen molar-refractivity contribution in [3.63, 3.8) is 0 Å². The van der Waals surface area contributed by atoms with Crippen LogP contribution in [0.3, 0.4) is 0 Å². The summed E-state index contributed by atoms with van der Waals surface area (Å²) in [5, 5.41) is 14.8. The number of nitro benzene ring substituents is 1. The molecule has 2 aliphatic heterocycles. The summed E-state index contributed by atoms with van der Waals surface area (Å²) in [6.45, 7) is 2.66. The van der Waals surface area contributed by atoms with Gasteiger partial charge < -0.3 is 15.0 Å². The Morgan fingerprint density at radius 3 is 2.79 bits per heavy atom. The maximum atomic E-state index is 12.8. The Bertz CT molecular complexity index is 893. The van der Waals surface area contributed by atoms with Crippen molar-refractivity contribution in [1.82, 2.24) is 4.90 Å². The summed E-state index contributed by atoms with van der Waals surface area (Å²) >= 11 is 0. The van der Waals surface area contributed by atoms with Gasteiger partial charge in [-0.3, -0.25) is 14.9 Å². The Morgan fingerprint density at radius 1 is 1.21 bits per heavy atom. The Labute approximate surface area is 163 Å². The summed E-state index contributed by atoms with van der Waals surface area (Å²) < 4.78 is 5.70. The number of likely N-dealkylation sites (tertiary alicyclic amines) is 1. The van der Waals surface area contributed by atoms with E-state index in [9.17, 15) is 14.9 Å². The average molecular weight is 381 g/mol. The van der Waals surface area contributed by atoms with E-state index in [0.29, 0.717) is 26.2 Å². The van der Waals surface area contributed by atoms with Crippen LogP contribution >= 0.6 is 0 Å². The molecule has 7 nitrogen and oxygen atoms in total. The maximum absolute atomic E-state index is 12.8. The zero-order chi connectivity index (χ0) is 19.5. The number of nitrogens with one attached hydrogen (secondary N) is 1. The number of fused-ring (bicyclic) bond motifs is 1. The van der Waals surface area contributed by atoms with Crippen LogP contribution < -0.4 is 10.1 Å². The number of hydrogen-bond donors (Lipinski definition) is 1. The Morgan fingerprint density at radius 2 is 2.00 bits per heavy atom. The third-order valence-corrected chi connectivity index (χ3v) is 5.45. The van der Waals surface area contributed by atoms with Gasteiger partial charge in [0.25, 0.3) is 11.6 Å². The Balaban J connectivity index is 1.53. The fraction of sp³-hybridized carbons (Fsp3) is 0.381. The molecule has 0 bridgehead atoms. The molecule has 4 rings (SSSR count). The number of carbonyl (C=O) groups excluding carboxylic acids is 1. The lowest BCUT2D eigenvalue weighted by Crippen LogP contribution is -2.28. The van der Waals surface area contributed by atoms with Gasteiger partial charge >= 0.3 is 0 Å². The topological polar surface area (TPSA) is 84.7 Å². The van der Waals surface area contributed by atoms with Crippen molar-refractivity contribution in [2.45, 2.75) is 25.2 Å². The number of nitro groups is 1. The first kappa shape index (κ1) is 18.3. The molecule has 1 atom stereocenters. The molecular weight excluding hydrogens is 358 g/mol. The van der Waals surface area contributed by atoms with Crippen molar-refractivity contribution >= 4 is 17.3 Å². The first-order chi connectivity index (χ1) is 13.6. The second-order valence-corrected chi connectivity index (χ2v) is 7.24. The standard InChI is InChI=1S/C21H23N3O4/c25-21(23-10-3-4-11-23)18-13-16(7-8-19(18)24(26)27)22-14-15-9-12-28-20-6-2-1-5-17(15)20/h1-2,5-8,13,15,22H,3-4,9-12,14H2. The molecule has 0 aromatic heterocycles. The van der Waals surface area contributed by atoms with E-state index in [-0.39, 0.29) is 23.1 Å². The lowest BCUT2D eigenvalue weighted by molar-refractivity contribution is -0.385. The molecule has 7 heteroatoms. The number of nitrogens with zero attached hydrogens (tertiary/aromatic N) is 2. The van der Waals surface area contributed by atoms with Gasteiger partial charge in [-0.15, -0.1) is 0 Å². The van der Waals surface area contributed by atoms with Crippen molar-refractivity contribution < 1.29 is 14.5 Å². The highest BCUT2D eigenvalue weighted by Gasteiger charge is 2.27. The highest BCUT2D eigenvalue weighted by molar-refractivity contribution is 5.99. The van der Waals surface area contributed by atoms with Crippen LogP contribution in [0.15, 0.2) is 42.5 Å². The molecule has 1 saturated heterocycles. The fourth-order valence-corrected chi connectivity index (χ4v) is 3.94. The average Bonchev–Trinajstić information content (AvgIpc) is 3.26. The fourth-order valence-electron chi connectivity index (χ4n) is 3.94. The van der Waals surface area contributed by atoms with E-state index >= 15 is 0 Å². The molecule has 2 aliphatic rings. The minimum atomic E-state index is -0.484. The van der Waals surface area contributed by atoms with Crippen LogP contribution in [-0.2, 0) is 0 Å². The monoisotopic (exact) mass is 381 g/mol. The molecule has 0 spiro atoms. The lowest BCUT2D eigenvalue weighted by Gasteiger charge is -2.26. The number of para-hydroxylation sites is 1. The van der Waals surface area contributed by atoms with Crippen LogP contribution in [-0.4, -0.2) is 42.0 Å². The van der Waals surface area contributed by atoms with Crippen LogP contribution in [0, 0.1) is 10.1 Å². The molecular formula is C21H23N3O4. The van der Waals surface area contributed by atoms with Gasteiger partial charge in [-0.2, -0.15) is 0 Å². The smallest absolute Gasteiger partial charge is 0.282 e. The maximum Gasteiger partial charge on any atom is 0.282 e. The molecule has 0 aliphatic carbocycles. The van der Waals surface area contributed by atoms with E-state index < -0.39 is 4.92 Å². The van der Waals surface area contributed by atoms with Gasteiger partial charge in [-0.05, 0) is 43.0 Å². The van der Waals surface area contributed by atoms with Gasteiger partial charge in [-0.1, -0.05) is 18.2 Å². The third-order valence-electron chi connectivity index (χ3n) is 5.45. The number of carbonyl (C=O) groups is 1. The third kappa shape index (κ3) is 3.65. The molecule has 146 valence electrons. The van der Waals surface area contributed by atoms with Crippen molar-refractivity contribution in [1.29, 1.82) is 0 Å². The van der Waals surface area contributed by atoms with Crippen molar-refractivity contribution in [2.75, 3.05) is 31.6 Å². The van der Waals surface area contributed by atoms with E-state index in [1.165, 1.54) is 6.07 Å². The van der Waals surface area contributed by atoms with Crippen molar-refractivity contribution in [3.05, 3.63) is 63.7 Å². The van der Waals surface area contributed by atoms with Crippen LogP contribution in [0.5, 0.6) is 5.75 Å². The molecule has 1 amide bonds. The van der Waals surface area contributed by atoms with Crippen LogP contribution in [0.2, 0.25) is 0 Å². The van der Waals surface area contributed by atoms with Crippen LogP contribution in [0.1, 0.15) is 41.1 Å². The minimum Gasteiger partial charge on any atom is -0.493 e. The van der Waals surface area contributed by atoms with Crippen LogP contribution in [0.25, 0.3) is 0 Å². The van der Waals surface area contributed by atoms with Crippen molar-refractivity contribution in [2.24, 2.45) is 0 Å². The molecule has 2 aromatic carbocycles. The molecule has 1 N–H and O–H groups in total. The summed E-state index contributed by atoms with van der Waals surface area (Å²) in [4.78, 5) is 25.4. The number of benzene rings is 2. The van der Waals surface area contributed by atoms with Crippen molar-refractivity contribution in [3.8, 4) is 5.75 Å². The number of anilines is 1. The highest BCUT2D eigenvalue weighted by Crippen LogP contribution is 2.34. The number of ether oxygens (including phenoxy) is 1. The van der Waals surface area contributed by atoms with Gasteiger partial charge in [0.1, 0.15) is 11.3 Å². The highest BCUT2D eigenvalue weighted by atomic mass is 16.6. The number of rotatable bonds is 5. The number of hydrogen-bond acceptors (Lipinski definition) is 5. The normalized spacial score (nSPS) is 18.3. The van der Waals surface area contributed by atoms with E-state index in [4.69, 9.17) is 4.74 Å². The first-order valence-electron chi connectivity index (χ1n) is 9.67. The van der Waals surface area contributed by atoms with Gasteiger partial charge in [-0.25, -0.2) is 0 Å². The molecule has 0 saturated carbocycles. The van der Waals surface area contributed by atoms with Gasteiger partial charge in [0.05, 0.1) is 11.5 Å². The first-order valence-corrected chi connectivity index (χ1v) is 9.67. The Hall–Kier alpha value is -3.09. The SMILES string of the molecule is O=C(c1cc(NCC2CCOc3ccccc32)ccc1[N+](=O)[O-])N1CCCC1. The van der Waals surface area contributed by atoms with Gasteiger partial charge in [0.2, 0.25) is 0 Å². The Kier molecular flexibility index (Phi) is 5.14. The van der Waals surface area contributed by atoms with E-state index in [0.717, 1.165) is 36.3 Å². The summed E-state index contributed by atoms with van der Waals surface area (Å²) in [5.74, 6) is 0.941. The molecule has 2 heterocycles. The quantitative estimate of drug-likeness (QED) is 0.629. The summed E-state index contributed by atoms with van der Waals surface area (Å²) in [6.07, 6.45) is 2.79. The summed E-state index contributed by atoms with van der Waals surface area (Å²) in [6, 6.07) is 12.7.